The number of hydrogen-bond acceptors (Lipinski definition) is 4. The number of rotatable bonds is 3. The minimum absolute atomic E-state index is 0.167. The molecule has 0 heterocycles. The number of nitrogen functional groups attached to an aromatic ring is 1. The molecule has 0 fully saturated rings. The highest BCUT2D eigenvalue weighted by Crippen LogP contribution is 2.18. The highest BCUT2D eigenvalue weighted by atomic mass is 19.1. The van der Waals surface area contributed by atoms with Crippen molar-refractivity contribution in [2.75, 3.05) is 10.6 Å². The number of nitrogens with zero attached hydrogens (tertiary/aromatic N) is 1. The van der Waals surface area contributed by atoms with E-state index in [4.69, 9.17) is 5.73 Å². The second-order valence-electron chi connectivity index (χ2n) is 5.03. The molecule has 3 amide bonds. The Morgan fingerprint density at radius 2 is 1.83 bits per heavy atom. The summed E-state index contributed by atoms with van der Waals surface area (Å²) in [6.07, 6.45) is 0. The van der Waals surface area contributed by atoms with Gasteiger partial charge in [-0.3, -0.25) is 14.4 Å². The van der Waals surface area contributed by atoms with Crippen molar-refractivity contribution in [1.29, 1.82) is 0 Å². The zero-order valence-electron chi connectivity index (χ0n) is 13.0. The molecule has 124 valence electrons. The van der Waals surface area contributed by atoms with Gasteiger partial charge in [0.15, 0.2) is 0 Å². The van der Waals surface area contributed by atoms with Crippen LogP contribution in [0.4, 0.5) is 15.8 Å². The summed E-state index contributed by atoms with van der Waals surface area (Å²) >= 11 is 0. The Balaban J connectivity index is 2.13. The molecule has 24 heavy (non-hydrogen) atoms. The predicted molar refractivity (Wildman–Crippen MR) is 87.3 cm³/mol. The fraction of sp³-hybridized carbons (Fsp3) is 0.118. The molecule has 0 spiro atoms. The number of benzene rings is 2. The molecule has 2 aromatic carbocycles. The summed E-state index contributed by atoms with van der Waals surface area (Å²) in [5, 5.41) is 2.31. The number of nitrogens with one attached hydrogen (secondary N) is 1. The van der Waals surface area contributed by atoms with Gasteiger partial charge < -0.3 is 11.1 Å². The Kier molecular flexibility index (Phi) is 5.26. The van der Waals surface area contributed by atoms with Crippen molar-refractivity contribution >= 4 is 29.1 Å². The number of carbonyl (C=O) groups excluding carboxylic acids is 3. The molecule has 0 aromatic heterocycles. The number of imide groups is 1. The lowest BCUT2D eigenvalue weighted by Gasteiger charge is -2.19. The Labute approximate surface area is 138 Å². The molecule has 0 saturated carbocycles. The van der Waals surface area contributed by atoms with E-state index in [-0.39, 0.29) is 17.8 Å². The van der Waals surface area contributed by atoms with Crippen LogP contribution >= 0.6 is 0 Å². The Morgan fingerprint density at radius 1 is 1.12 bits per heavy atom. The highest BCUT2D eigenvalue weighted by molar-refractivity contribution is 6.45. The zero-order chi connectivity index (χ0) is 17.7. The second kappa shape index (κ2) is 7.36. The van der Waals surface area contributed by atoms with E-state index in [0.29, 0.717) is 10.6 Å². The first-order valence-corrected chi connectivity index (χ1v) is 7.12. The Hall–Kier alpha value is -3.22. The molecule has 3 N–H and O–H groups in total. The molecule has 0 aliphatic rings. The van der Waals surface area contributed by atoms with Crippen molar-refractivity contribution < 1.29 is 18.8 Å². The number of hydrogen-bond donors (Lipinski definition) is 2. The average Bonchev–Trinajstić information content (AvgIpc) is 2.53. The minimum Gasteiger partial charge on any atom is -0.399 e. The van der Waals surface area contributed by atoms with E-state index < -0.39 is 23.5 Å². The molecular weight excluding hydrogens is 313 g/mol. The first-order valence-electron chi connectivity index (χ1n) is 7.12. The van der Waals surface area contributed by atoms with Gasteiger partial charge in [0.2, 0.25) is 5.91 Å². The van der Waals surface area contributed by atoms with E-state index in [1.165, 1.54) is 30.3 Å². The lowest BCUT2D eigenvalue weighted by molar-refractivity contribution is -0.139. The summed E-state index contributed by atoms with van der Waals surface area (Å²) in [7, 11) is 0. The summed E-state index contributed by atoms with van der Waals surface area (Å²) in [6, 6.07) is 11.9. The first kappa shape index (κ1) is 17.1. The fourth-order valence-electron chi connectivity index (χ4n) is 2.10. The van der Waals surface area contributed by atoms with Gasteiger partial charge in [-0.2, -0.15) is 0 Å². The maximum Gasteiger partial charge on any atom is 0.323 e. The standard InChI is InChI=1S/C17H16FN3O3/c1-11(22)21(14-7-4-6-13(19)9-14)17(24)16(23)20-10-12-5-2-3-8-15(12)18/h2-9H,10,19H2,1H3,(H,20,23). The van der Waals surface area contributed by atoms with E-state index in [0.717, 1.165) is 6.92 Å². The van der Waals surface area contributed by atoms with Crippen LogP contribution in [0.1, 0.15) is 12.5 Å². The molecule has 0 atom stereocenters. The molecule has 2 rings (SSSR count). The molecule has 7 heteroatoms. The van der Waals surface area contributed by atoms with E-state index >= 15 is 0 Å². The lowest BCUT2D eigenvalue weighted by Crippen LogP contribution is -2.45. The molecule has 0 unspecified atom stereocenters. The second-order valence-corrected chi connectivity index (χ2v) is 5.03. The van der Waals surface area contributed by atoms with Gasteiger partial charge in [0.1, 0.15) is 5.82 Å². The van der Waals surface area contributed by atoms with Crippen molar-refractivity contribution in [3.63, 3.8) is 0 Å². The summed E-state index contributed by atoms with van der Waals surface area (Å²) in [6.45, 7) is 0.991. The van der Waals surface area contributed by atoms with Crippen molar-refractivity contribution in [1.82, 2.24) is 5.32 Å². The third-order valence-electron chi connectivity index (χ3n) is 3.24. The maximum atomic E-state index is 13.5. The SMILES string of the molecule is CC(=O)N(C(=O)C(=O)NCc1ccccc1F)c1cccc(N)c1. The molecule has 0 aliphatic carbocycles. The molecule has 6 nitrogen and oxygen atoms in total. The summed E-state index contributed by atoms with van der Waals surface area (Å²) in [5.74, 6) is -3.21. The number of nitrogens with two attached hydrogens (primary N) is 1. The van der Waals surface area contributed by atoms with E-state index in [1.54, 1.807) is 18.2 Å². The average molecular weight is 329 g/mol. The quantitative estimate of drug-likeness (QED) is 0.661. The lowest BCUT2D eigenvalue weighted by atomic mass is 10.2. The van der Waals surface area contributed by atoms with Gasteiger partial charge in [0.25, 0.3) is 0 Å². The molecule has 0 saturated heterocycles. The van der Waals surface area contributed by atoms with Crippen molar-refractivity contribution in [3.05, 3.63) is 59.9 Å². The van der Waals surface area contributed by atoms with Crippen LogP contribution in [0, 0.1) is 5.82 Å². The summed E-state index contributed by atoms with van der Waals surface area (Å²) < 4.78 is 13.5. The Bertz CT molecular complexity index is 792. The van der Waals surface area contributed by atoms with Crippen LogP contribution in [0.2, 0.25) is 0 Å². The fourth-order valence-corrected chi connectivity index (χ4v) is 2.10. The summed E-state index contributed by atoms with van der Waals surface area (Å²) in [5.41, 5.74) is 6.40. The van der Waals surface area contributed by atoms with Gasteiger partial charge in [0.05, 0.1) is 5.69 Å². The van der Waals surface area contributed by atoms with Crippen LogP contribution < -0.4 is 16.0 Å². The molecule has 0 aliphatic heterocycles. The van der Waals surface area contributed by atoms with Crippen LogP contribution in [0.25, 0.3) is 0 Å². The largest absolute Gasteiger partial charge is 0.399 e. The maximum absolute atomic E-state index is 13.5. The van der Waals surface area contributed by atoms with Crippen LogP contribution in [0.3, 0.4) is 0 Å². The normalized spacial score (nSPS) is 10.1. The topological polar surface area (TPSA) is 92.5 Å². The number of anilines is 2. The third kappa shape index (κ3) is 3.95. The van der Waals surface area contributed by atoms with E-state index in [1.807, 2.05) is 0 Å². The molecular formula is C17H16FN3O3. The van der Waals surface area contributed by atoms with Crippen LogP contribution in [0.5, 0.6) is 0 Å². The van der Waals surface area contributed by atoms with Gasteiger partial charge >= 0.3 is 11.8 Å². The number of carbonyl (C=O) groups is 3. The predicted octanol–water partition coefficient (Wildman–Crippen LogP) is 1.60. The van der Waals surface area contributed by atoms with E-state index in [9.17, 15) is 18.8 Å². The molecule has 0 bridgehead atoms. The van der Waals surface area contributed by atoms with Crippen LogP contribution in [-0.2, 0) is 20.9 Å². The highest BCUT2D eigenvalue weighted by Gasteiger charge is 2.26. The van der Waals surface area contributed by atoms with Crippen molar-refractivity contribution in [3.8, 4) is 0 Å². The zero-order valence-corrected chi connectivity index (χ0v) is 13.0. The van der Waals surface area contributed by atoms with Crippen LogP contribution in [-0.4, -0.2) is 17.7 Å². The minimum atomic E-state index is -1.07. The smallest absolute Gasteiger partial charge is 0.323 e. The van der Waals surface area contributed by atoms with E-state index in [2.05, 4.69) is 5.32 Å². The van der Waals surface area contributed by atoms with Gasteiger partial charge in [-0.05, 0) is 24.3 Å². The number of amides is 3. The van der Waals surface area contributed by atoms with Crippen molar-refractivity contribution in [2.24, 2.45) is 0 Å². The van der Waals surface area contributed by atoms with Gasteiger partial charge in [-0.25, -0.2) is 9.29 Å². The van der Waals surface area contributed by atoms with Crippen molar-refractivity contribution in [2.45, 2.75) is 13.5 Å². The third-order valence-corrected chi connectivity index (χ3v) is 3.24. The Morgan fingerprint density at radius 3 is 2.46 bits per heavy atom. The van der Waals surface area contributed by atoms with Gasteiger partial charge in [-0.15, -0.1) is 0 Å². The first-order chi connectivity index (χ1) is 11.4. The monoisotopic (exact) mass is 329 g/mol. The molecule has 2 aromatic rings. The van der Waals surface area contributed by atoms with Gasteiger partial charge in [-0.1, -0.05) is 24.3 Å². The number of halogens is 1. The molecule has 0 radical (unpaired) electrons. The summed E-state index contributed by atoms with van der Waals surface area (Å²) in [4.78, 5) is 36.8. The van der Waals surface area contributed by atoms with Crippen LogP contribution in [0.15, 0.2) is 48.5 Å². The van der Waals surface area contributed by atoms with Gasteiger partial charge in [0, 0.05) is 24.7 Å².